The molecule has 1 aliphatic heterocycles. The second-order valence-corrected chi connectivity index (χ2v) is 4.99. The van der Waals surface area contributed by atoms with Gasteiger partial charge in [0, 0.05) is 30.1 Å². The maximum Gasteiger partial charge on any atom is 0.303 e. The number of aliphatic carboxylic acids is 1. The molecule has 0 aromatic heterocycles. The molecular weight excluding hydrogens is 242 g/mol. The van der Waals surface area contributed by atoms with Crippen molar-refractivity contribution in [3.63, 3.8) is 0 Å². The molecule has 2 rings (SSSR count). The average molecular weight is 261 g/mol. The number of Topliss-reactive ketones (excluding diaryl/α,β-unsaturated/α-hetero) is 1. The Balaban J connectivity index is 2.20. The lowest BCUT2D eigenvalue weighted by Gasteiger charge is -2.27. The summed E-state index contributed by atoms with van der Waals surface area (Å²) >= 11 is 0. The van der Waals surface area contributed by atoms with Crippen LogP contribution in [-0.2, 0) is 11.2 Å². The van der Waals surface area contributed by atoms with Crippen LogP contribution in [0.2, 0.25) is 0 Å². The van der Waals surface area contributed by atoms with E-state index in [-0.39, 0.29) is 18.2 Å². The zero-order chi connectivity index (χ0) is 13.8. The number of fused-ring (bicyclic) bond motifs is 1. The molecule has 0 radical (unpaired) electrons. The Morgan fingerprint density at radius 2 is 2.26 bits per heavy atom. The fraction of sp³-hybridized carbons (Fsp3) is 0.467. The first kappa shape index (κ1) is 13.6. The average Bonchev–Trinajstić information content (AvgIpc) is 2.38. The molecule has 0 spiro atoms. The van der Waals surface area contributed by atoms with Crippen LogP contribution in [0.15, 0.2) is 18.2 Å². The summed E-state index contributed by atoms with van der Waals surface area (Å²) in [5.41, 5.74) is 2.81. The minimum absolute atomic E-state index is 0.0610. The Labute approximate surface area is 112 Å². The Bertz CT molecular complexity index is 496. The van der Waals surface area contributed by atoms with Gasteiger partial charge in [0.1, 0.15) is 0 Å². The molecule has 1 aliphatic rings. The highest BCUT2D eigenvalue weighted by Gasteiger charge is 2.26. The third-order valence-electron chi connectivity index (χ3n) is 3.46. The summed E-state index contributed by atoms with van der Waals surface area (Å²) in [7, 11) is 0. The number of aryl methyl sites for hydroxylation is 1. The first-order valence-corrected chi connectivity index (χ1v) is 6.75. The van der Waals surface area contributed by atoms with Crippen LogP contribution in [0.5, 0.6) is 0 Å². The molecule has 4 nitrogen and oxygen atoms in total. The van der Waals surface area contributed by atoms with Crippen molar-refractivity contribution in [3.8, 4) is 0 Å². The van der Waals surface area contributed by atoms with Crippen LogP contribution in [0.4, 0.5) is 5.69 Å². The van der Waals surface area contributed by atoms with Gasteiger partial charge in [0.25, 0.3) is 0 Å². The fourth-order valence-electron chi connectivity index (χ4n) is 2.54. The molecule has 0 saturated heterocycles. The third kappa shape index (κ3) is 3.13. The summed E-state index contributed by atoms with van der Waals surface area (Å²) in [4.78, 5) is 22.7. The van der Waals surface area contributed by atoms with Crippen LogP contribution in [0.1, 0.15) is 48.5 Å². The van der Waals surface area contributed by atoms with Gasteiger partial charge in [-0.05, 0) is 24.5 Å². The predicted octanol–water partition coefficient (Wildman–Crippen LogP) is 2.87. The van der Waals surface area contributed by atoms with Gasteiger partial charge in [0.05, 0.1) is 0 Å². The van der Waals surface area contributed by atoms with Gasteiger partial charge in [0.2, 0.25) is 0 Å². The molecule has 1 aromatic carbocycles. The zero-order valence-corrected chi connectivity index (χ0v) is 11.1. The molecule has 19 heavy (non-hydrogen) atoms. The first-order valence-electron chi connectivity index (χ1n) is 6.75. The minimum Gasteiger partial charge on any atom is -0.481 e. The van der Waals surface area contributed by atoms with Crippen LogP contribution >= 0.6 is 0 Å². The smallest absolute Gasteiger partial charge is 0.303 e. The highest BCUT2D eigenvalue weighted by Crippen LogP contribution is 2.30. The number of ketones is 1. The molecule has 1 atom stereocenters. The normalized spacial score (nSPS) is 17.7. The molecule has 0 aliphatic carbocycles. The van der Waals surface area contributed by atoms with Crippen molar-refractivity contribution >= 4 is 17.4 Å². The molecule has 1 aromatic rings. The number of para-hydroxylation sites is 1. The number of nitrogens with one attached hydrogen (secondary N) is 1. The molecule has 2 N–H and O–H groups in total. The Hall–Kier alpha value is -1.84. The molecule has 0 fully saturated rings. The summed E-state index contributed by atoms with van der Waals surface area (Å²) < 4.78 is 0. The number of carbonyl (C=O) groups is 2. The van der Waals surface area contributed by atoms with E-state index in [1.165, 1.54) is 0 Å². The SMILES string of the molecule is CCCc1cccc2c1NC(CCC(=O)O)CC2=O. The number of anilines is 1. The number of carboxylic acids is 1. The lowest BCUT2D eigenvalue weighted by molar-refractivity contribution is -0.137. The maximum atomic E-state index is 12.1. The van der Waals surface area contributed by atoms with Gasteiger partial charge in [-0.15, -0.1) is 0 Å². The summed E-state index contributed by atoms with van der Waals surface area (Å²) in [5, 5.41) is 12.1. The van der Waals surface area contributed by atoms with Gasteiger partial charge in [-0.3, -0.25) is 9.59 Å². The van der Waals surface area contributed by atoms with Gasteiger partial charge >= 0.3 is 5.97 Å². The Morgan fingerprint density at radius 3 is 2.95 bits per heavy atom. The molecular formula is C15H19NO3. The van der Waals surface area contributed by atoms with Crippen LogP contribution in [0.25, 0.3) is 0 Å². The third-order valence-corrected chi connectivity index (χ3v) is 3.46. The van der Waals surface area contributed by atoms with Crippen LogP contribution in [0.3, 0.4) is 0 Å². The molecule has 102 valence electrons. The Morgan fingerprint density at radius 1 is 1.47 bits per heavy atom. The second-order valence-electron chi connectivity index (χ2n) is 4.99. The van der Waals surface area contributed by atoms with E-state index >= 15 is 0 Å². The van der Waals surface area contributed by atoms with Crippen LogP contribution in [-0.4, -0.2) is 22.9 Å². The Kier molecular flexibility index (Phi) is 4.20. The summed E-state index contributed by atoms with van der Waals surface area (Å²) in [6, 6.07) is 5.73. The molecule has 4 heteroatoms. The number of carbonyl (C=O) groups excluding carboxylic acids is 1. The number of benzene rings is 1. The zero-order valence-electron chi connectivity index (χ0n) is 11.1. The van der Waals surface area contributed by atoms with Gasteiger partial charge in [0.15, 0.2) is 5.78 Å². The maximum absolute atomic E-state index is 12.1. The van der Waals surface area contributed by atoms with E-state index in [0.29, 0.717) is 12.8 Å². The lowest BCUT2D eigenvalue weighted by Crippen LogP contribution is -2.30. The summed E-state index contributed by atoms with van der Waals surface area (Å²) in [6.07, 6.45) is 2.91. The topological polar surface area (TPSA) is 66.4 Å². The van der Waals surface area contributed by atoms with E-state index in [1.807, 2.05) is 18.2 Å². The van der Waals surface area contributed by atoms with Gasteiger partial charge in [-0.1, -0.05) is 25.5 Å². The number of carboxylic acid groups (broad SMARTS) is 1. The largest absolute Gasteiger partial charge is 0.481 e. The van der Waals surface area contributed by atoms with E-state index in [9.17, 15) is 9.59 Å². The van der Waals surface area contributed by atoms with Crippen molar-refractivity contribution in [1.29, 1.82) is 0 Å². The predicted molar refractivity (Wildman–Crippen MR) is 73.7 cm³/mol. The highest BCUT2D eigenvalue weighted by atomic mass is 16.4. The number of rotatable bonds is 5. The van der Waals surface area contributed by atoms with Crippen molar-refractivity contribution in [2.45, 2.75) is 45.1 Å². The van der Waals surface area contributed by atoms with Crippen molar-refractivity contribution in [1.82, 2.24) is 0 Å². The number of hydrogen-bond acceptors (Lipinski definition) is 3. The van der Waals surface area contributed by atoms with Gasteiger partial charge in [-0.25, -0.2) is 0 Å². The molecule has 1 unspecified atom stereocenters. The molecule has 1 heterocycles. The fourth-order valence-corrected chi connectivity index (χ4v) is 2.54. The standard InChI is InChI=1S/C15H19NO3/c1-2-4-10-5-3-6-12-13(17)9-11(16-15(10)12)7-8-14(18)19/h3,5-6,11,16H,2,4,7-9H2,1H3,(H,18,19). The van der Waals surface area contributed by atoms with Crippen molar-refractivity contribution in [2.24, 2.45) is 0 Å². The lowest BCUT2D eigenvalue weighted by atomic mass is 9.91. The number of hydrogen-bond donors (Lipinski definition) is 2. The van der Waals surface area contributed by atoms with E-state index in [1.54, 1.807) is 0 Å². The summed E-state index contributed by atoms with van der Waals surface area (Å²) in [6.45, 7) is 2.10. The first-order chi connectivity index (χ1) is 9.11. The van der Waals surface area contributed by atoms with Crippen molar-refractivity contribution < 1.29 is 14.7 Å². The van der Waals surface area contributed by atoms with Crippen molar-refractivity contribution in [2.75, 3.05) is 5.32 Å². The monoisotopic (exact) mass is 261 g/mol. The van der Waals surface area contributed by atoms with E-state index in [2.05, 4.69) is 12.2 Å². The van der Waals surface area contributed by atoms with E-state index in [0.717, 1.165) is 29.7 Å². The highest BCUT2D eigenvalue weighted by molar-refractivity contribution is 6.04. The summed E-state index contributed by atoms with van der Waals surface area (Å²) in [5.74, 6) is -0.705. The van der Waals surface area contributed by atoms with E-state index < -0.39 is 5.97 Å². The quantitative estimate of drug-likeness (QED) is 0.855. The molecule has 0 amide bonds. The minimum atomic E-state index is -0.818. The van der Waals surface area contributed by atoms with Crippen molar-refractivity contribution in [3.05, 3.63) is 29.3 Å². The van der Waals surface area contributed by atoms with Gasteiger partial charge in [-0.2, -0.15) is 0 Å². The van der Waals surface area contributed by atoms with E-state index in [4.69, 9.17) is 5.11 Å². The molecule has 0 bridgehead atoms. The second kappa shape index (κ2) is 5.87. The van der Waals surface area contributed by atoms with Crippen LogP contribution in [0, 0.1) is 0 Å². The van der Waals surface area contributed by atoms with Gasteiger partial charge < -0.3 is 10.4 Å². The molecule has 0 saturated carbocycles. The van der Waals surface area contributed by atoms with Crippen LogP contribution < -0.4 is 5.32 Å².